The summed E-state index contributed by atoms with van der Waals surface area (Å²) in [6.07, 6.45) is 3.30. The zero-order chi connectivity index (χ0) is 16.9. The Hall–Kier alpha value is -2.26. The summed E-state index contributed by atoms with van der Waals surface area (Å²) in [5, 5.41) is 12.3. The van der Waals surface area contributed by atoms with E-state index in [0.717, 1.165) is 22.8 Å². The van der Waals surface area contributed by atoms with Gasteiger partial charge in [-0.05, 0) is 31.0 Å². The van der Waals surface area contributed by atoms with Crippen LogP contribution in [0.15, 0.2) is 33.8 Å². The molecule has 1 fully saturated rings. The predicted molar refractivity (Wildman–Crippen MR) is 86.4 cm³/mol. The van der Waals surface area contributed by atoms with Crippen LogP contribution in [0.5, 0.6) is 0 Å². The third kappa shape index (κ3) is 2.49. The molecule has 1 aliphatic rings. The number of hydrogen-bond acceptors (Lipinski definition) is 7. The zero-order valence-electron chi connectivity index (χ0n) is 12.5. The lowest BCUT2D eigenvalue weighted by atomic mass is 10.2. The Morgan fingerprint density at radius 1 is 1.29 bits per heavy atom. The Balaban J connectivity index is 1.77. The van der Waals surface area contributed by atoms with E-state index in [9.17, 15) is 8.42 Å². The van der Waals surface area contributed by atoms with E-state index in [1.165, 1.54) is 25.4 Å². The first-order chi connectivity index (χ1) is 11.5. The van der Waals surface area contributed by atoms with Crippen molar-refractivity contribution in [3.63, 3.8) is 0 Å². The minimum absolute atomic E-state index is 0.0411. The molecule has 3 aromatic rings. The van der Waals surface area contributed by atoms with Gasteiger partial charge in [-0.1, -0.05) is 16.8 Å². The molecule has 1 saturated carbocycles. The first-order valence-electron chi connectivity index (χ1n) is 7.20. The van der Waals surface area contributed by atoms with Gasteiger partial charge in [-0.15, -0.1) is 10.2 Å². The molecule has 1 aliphatic carbocycles. The molecule has 0 aliphatic heterocycles. The molecular weight excluding hydrogens is 354 g/mol. The number of pyridine rings is 1. The van der Waals surface area contributed by atoms with E-state index in [4.69, 9.17) is 16.1 Å². The van der Waals surface area contributed by atoms with E-state index >= 15 is 0 Å². The van der Waals surface area contributed by atoms with E-state index in [1.54, 1.807) is 6.07 Å². The number of aromatic nitrogens is 4. The van der Waals surface area contributed by atoms with E-state index < -0.39 is 10.0 Å². The standard InChI is InChI=1S/C14H12ClN5O3S/c1-20(12-5-4-11(15)17-18-12)24(21,22)9-6-10-13(8-2-3-8)19-23-14(10)16-7-9/h4-8H,2-3H2,1H3. The van der Waals surface area contributed by atoms with Gasteiger partial charge in [0.05, 0.1) is 17.3 Å². The summed E-state index contributed by atoms with van der Waals surface area (Å²) in [7, 11) is -2.44. The summed E-state index contributed by atoms with van der Waals surface area (Å²) in [6, 6.07) is 4.50. The van der Waals surface area contributed by atoms with Gasteiger partial charge in [-0.3, -0.25) is 4.31 Å². The number of nitrogens with zero attached hydrogens (tertiary/aromatic N) is 5. The van der Waals surface area contributed by atoms with Crippen LogP contribution in [0.4, 0.5) is 5.82 Å². The van der Waals surface area contributed by atoms with Crippen molar-refractivity contribution < 1.29 is 12.9 Å². The molecule has 0 unspecified atom stereocenters. The number of hydrogen-bond donors (Lipinski definition) is 0. The van der Waals surface area contributed by atoms with Crippen LogP contribution >= 0.6 is 11.6 Å². The average molecular weight is 366 g/mol. The number of rotatable bonds is 4. The smallest absolute Gasteiger partial charge is 0.266 e. The molecule has 124 valence electrons. The van der Waals surface area contributed by atoms with E-state index in [-0.39, 0.29) is 15.9 Å². The lowest BCUT2D eigenvalue weighted by Gasteiger charge is -2.17. The summed E-state index contributed by atoms with van der Waals surface area (Å²) in [4.78, 5) is 4.12. The van der Waals surface area contributed by atoms with Crippen LogP contribution in [0.3, 0.4) is 0 Å². The molecule has 0 saturated heterocycles. The van der Waals surface area contributed by atoms with Crippen molar-refractivity contribution in [3.05, 3.63) is 35.2 Å². The highest BCUT2D eigenvalue weighted by molar-refractivity contribution is 7.92. The van der Waals surface area contributed by atoms with Crippen LogP contribution in [0.1, 0.15) is 24.5 Å². The highest BCUT2D eigenvalue weighted by Gasteiger charge is 2.31. The maximum Gasteiger partial charge on any atom is 0.266 e. The first-order valence-corrected chi connectivity index (χ1v) is 9.02. The Kier molecular flexibility index (Phi) is 3.43. The normalized spacial score (nSPS) is 14.9. The highest BCUT2D eigenvalue weighted by atomic mass is 35.5. The third-order valence-corrected chi connectivity index (χ3v) is 5.82. The van der Waals surface area contributed by atoms with Crippen molar-refractivity contribution in [1.82, 2.24) is 20.3 Å². The molecule has 24 heavy (non-hydrogen) atoms. The van der Waals surface area contributed by atoms with Crippen molar-refractivity contribution in [1.29, 1.82) is 0 Å². The van der Waals surface area contributed by atoms with Crippen LogP contribution in [-0.4, -0.2) is 35.8 Å². The minimum Gasteiger partial charge on any atom is -0.336 e. The Bertz CT molecular complexity index is 1010. The van der Waals surface area contributed by atoms with Gasteiger partial charge in [0, 0.05) is 13.0 Å². The van der Waals surface area contributed by atoms with Crippen LogP contribution in [-0.2, 0) is 10.0 Å². The van der Waals surface area contributed by atoms with Gasteiger partial charge >= 0.3 is 0 Å². The monoisotopic (exact) mass is 365 g/mol. The Labute approximate surface area is 142 Å². The van der Waals surface area contributed by atoms with Crippen LogP contribution in [0.2, 0.25) is 5.15 Å². The number of halogens is 1. The van der Waals surface area contributed by atoms with Gasteiger partial charge in [-0.25, -0.2) is 13.4 Å². The van der Waals surface area contributed by atoms with Crippen molar-refractivity contribution in [3.8, 4) is 0 Å². The summed E-state index contributed by atoms with van der Waals surface area (Å²) >= 11 is 5.68. The molecule has 0 atom stereocenters. The third-order valence-electron chi connectivity index (χ3n) is 3.90. The van der Waals surface area contributed by atoms with Gasteiger partial charge in [0.15, 0.2) is 11.0 Å². The van der Waals surface area contributed by atoms with Crippen molar-refractivity contribution >= 4 is 38.5 Å². The second-order valence-electron chi connectivity index (χ2n) is 5.55. The fraction of sp³-hybridized carbons (Fsp3) is 0.286. The number of fused-ring (bicyclic) bond motifs is 1. The molecule has 0 spiro atoms. The second kappa shape index (κ2) is 5.38. The van der Waals surface area contributed by atoms with E-state index in [2.05, 4.69) is 20.3 Å². The second-order valence-corrected chi connectivity index (χ2v) is 7.91. The quantitative estimate of drug-likeness (QED) is 0.699. The summed E-state index contributed by atoms with van der Waals surface area (Å²) in [5.41, 5.74) is 1.10. The molecule has 3 heterocycles. The van der Waals surface area contributed by atoms with Crippen molar-refractivity contribution in [2.75, 3.05) is 11.4 Å². The molecular formula is C14H12ClN5O3S. The fourth-order valence-corrected chi connectivity index (χ4v) is 3.59. The topological polar surface area (TPSA) is 102 Å². The van der Waals surface area contributed by atoms with E-state index in [0.29, 0.717) is 17.0 Å². The maximum atomic E-state index is 12.8. The summed E-state index contributed by atoms with van der Waals surface area (Å²) in [6.45, 7) is 0. The van der Waals surface area contributed by atoms with Crippen LogP contribution < -0.4 is 4.31 Å². The van der Waals surface area contributed by atoms with E-state index in [1.807, 2.05) is 0 Å². The predicted octanol–water partition coefficient (Wildman–Crippen LogP) is 2.37. The Morgan fingerprint density at radius 2 is 2.08 bits per heavy atom. The van der Waals surface area contributed by atoms with Gasteiger partial charge in [0.1, 0.15) is 4.90 Å². The van der Waals surface area contributed by atoms with Crippen LogP contribution in [0.25, 0.3) is 11.1 Å². The van der Waals surface area contributed by atoms with Gasteiger partial charge < -0.3 is 4.52 Å². The van der Waals surface area contributed by atoms with Crippen molar-refractivity contribution in [2.24, 2.45) is 0 Å². The molecule has 0 aromatic carbocycles. The summed E-state index contributed by atoms with van der Waals surface area (Å²) < 4.78 is 31.8. The van der Waals surface area contributed by atoms with Gasteiger partial charge in [0.2, 0.25) is 0 Å². The van der Waals surface area contributed by atoms with Gasteiger partial charge in [0.25, 0.3) is 15.7 Å². The average Bonchev–Trinajstić information content (AvgIpc) is 3.33. The molecule has 0 bridgehead atoms. The molecule has 4 rings (SSSR count). The van der Waals surface area contributed by atoms with Crippen LogP contribution in [0, 0.1) is 0 Å². The lowest BCUT2D eigenvalue weighted by molar-refractivity contribution is 0.439. The molecule has 8 nitrogen and oxygen atoms in total. The lowest BCUT2D eigenvalue weighted by Crippen LogP contribution is -2.27. The molecule has 10 heteroatoms. The molecule has 0 amide bonds. The molecule has 3 aromatic heterocycles. The maximum absolute atomic E-state index is 12.8. The fourth-order valence-electron chi connectivity index (χ4n) is 2.38. The van der Waals surface area contributed by atoms with Gasteiger partial charge in [-0.2, -0.15) is 0 Å². The SMILES string of the molecule is CN(c1ccc(Cl)nn1)S(=O)(=O)c1cnc2onc(C3CC3)c2c1. The number of sulfonamides is 1. The first kappa shape index (κ1) is 15.3. The molecule has 0 N–H and O–H groups in total. The zero-order valence-corrected chi connectivity index (χ0v) is 14.1. The number of anilines is 1. The van der Waals surface area contributed by atoms with Crippen molar-refractivity contribution in [2.45, 2.75) is 23.7 Å². The molecule has 0 radical (unpaired) electrons. The minimum atomic E-state index is -3.84. The largest absolute Gasteiger partial charge is 0.336 e. The summed E-state index contributed by atoms with van der Waals surface area (Å²) in [5.74, 6) is 0.484. The highest BCUT2D eigenvalue weighted by Crippen LogP contribution is 2.42. The Morgan fingerprint density at radius 3 is 2.75 bits per heavy atom.